The molecule has 0 unspecified atom stereocenters. The van der Waals surface area contributed by atoms with Gasteiger partial charge in [-0.15, -0.1) is 0 Å². The van der Waals surface area contributed by atoms with Crippen molar-refractivity contribution >= 4 is 23.1 Å². The van der Waals surface area contributed by atoms with Gasteiger partial charge in [-0.25, -0.2) is 9.59 Å². The minimum Gasteiger partial charge on any atom is -0.492 e. The Morgan fingerprint density at radius 3 is 1.65 bits per heavy atom. The van der Waals surface area contributed by atoms with Gasteiger partial charge in [-0.3, -0.25) is 0 Å². The van der Waals surface area contributed by atoms with Gasteiger partial charge in [-0.1, -0.05) is 45.0 Å². The van der Waals surface area contributed by atoms with Crippen molar-refractivity contribution in [3.63, 3.8) is 0 Å². The molecule has 7 nitrogen and oxygen atoms in total. The molecule has 0 amide bonds. The van der Waals surface area contributed by atoms with E-state index in [2.05, 4.69) is 9.47 Å². The minimum atomic E-state index is -0.880. The van der Waals surface area contributed by atoms with Gasteiger partial charge in [0.2, 0.25) is 0 Å². The third kappa shape index (κ3) is 3.66. The predicted molar refractivity (Wildman–Crippen MR) is 95.3 cm³/mol. The first kappa shape index (κ1) is 19.4. The summed E-state index contributed by atoms with van der Waals surface area (Å²) in [4.78, 5) is 23.6. The maximum absolute atomic E-state index is 11.8. The van der Waals surface area contributed by atoms with Crippen LogP contribution < -0.4 is 14.2 Å². The van der Waals surface area contributed by atoms with Crippen LogP contribution in [0.15, 0.2) is 24.3 Å². The highest BCUT2D eigenvalue weighted by molar-refractivity contribution is 5.99. The van der Waals surface area contributed by atoms with Gasteiger partial charge in [0.05, 0.1) is 21.3 Å². The first-order chi connectivity index (χ1) is 12.2. The molecular formula is C19H22O7. The van der Waals surface area contributed by atoms with Crippen LogP contribution in [0.5, 0.6) is 17.2 Å². The zero-order valence-corrected chi connectivity index (χ0v) is 15.7. The summed E-state index contributed by atoms with van der Waals surface area (Å²) in [6, 6.07) is 7.04. The van der Waals surface area contributed by atoms with E-state index in [0.717, 1.165) is 0 Å². The third-order valence-electron chi connectivity index (χ3n) is 3.73. The third-order valence-corrected chi connectivity index (χ3v) is 3.73. The summed E-state index contributed by atoms with van der Waals surface area (Å²) in [5.74, 6) is 0.756. The standard InChI is InChI=1S/C19H22O7/c1-19(2,3)13-14(25-17(20)23-5)11-9-7-8-10-12(11)15(16(13)22-4)26-18(21)24-6/h7-10H,1-6H3. The van der Waals surface area contributed by atoms with Gasteiger partial charge in [0.25, 0.3) is 0 Å². The number of hydrogen-bond donors (Lipinski definition) is 0. The van der Waals surface area contributed by atoms with Gasteiger partial charge in [0, 0.05) is 16.3 Å². The van der Waals surface area contributed by atoms with E-state index < -0.39 is 17.7 Å². The van der Waals surface area contributed by atoms with Gasteiger partial charge >= 0.3 is 12.3 Å². The number of ether oxygens (including phenoxy) is 5. The molecule has 140 valence electrons. The Morgan fingerprint density at radius 2 is 1.23 bits per heavy atom. The summed E-state index contributed by atoms with van der Waals surface area (Å²) in [6.07, 6.45) is -1.74. The molecule has 2 aromatic rings. The second-order valence-corrected chi connectivity index (χ2v) is 6.47. The summed E-state index contributed by atoms with van der Waals surface area (Å²) < 4.78 is 25.6. The number of carbonyl (C=O) groups excluding carboxylic acids is 2. The Labute approximate surface area is 151 Å². The maximum Gasteiger partial charge on any atom is 0.513 e. The summed E-state index contributed by atoms with van der Waals surface area (Å²) in [7, 11) is 3.90. The molecule has 0 fully saturated rings. The monoisotopic (exact) mass is 362 g/mol. The molecule has 0 atom stereocenters. The van der Waals surface area contributed by atoms with Gasteiger partial charge in [0.1, 0.15) is 5.75 Å². The molecule has 0 aromatic heterocycles. The molecular weight excluding hydrogens is 340 g/mol. The summed E-state index contributed by atoms with van der Waals surface area (Å²) >= 11 is 0. The highest BCUT2D eigenvalue weighted by Crippen LogP contribution is 2.50. The first-order valence-electron chi connectivity index (χ1n) is 7.89. The first-order valence-corrected chi connectivity index (χ1v) is 7.89. The van der Waals surface area contributed by atoms with Crippen LogP contribution in [0.1, 0.15) is 26.3 Å². The molecule has 26 heavy (non-hydrogen) atoms. The van der Waals surface area contributed by atoms with Crippen molar-refractivity contribution in [1.29, 1.82) is 0 Å². The topological polar surface area (TPSA) is 80.3 Å². The van der Waals surface area contributed by atoms with E-state index in [-0.39, 0.29) is 17.2 Å². The Hall–Kier alpha value is -2.96. The lowest BCUT2D eigenvalue weighted by Crippen LogP contribution is -2.19. The fraction of sp³-hybridized carbons (Fsp3) is 0.368. The average Bonchev–Trinajstić information content (AvgIpc) is 2.61. The SMILES string of the molecule is COC(=O)Oc1c(OC)c(C(C)(C)C)c(OC(=O)OC)c2ccccc12. The zero-order chi connectivity index (χ0) is 19.5. The van der Waals surface area contributed by atoms with Crippen LogP contribution in [0.3, 0.4) is 0 Å². The largest absolute Gasteiger partial charge is 0.513 e. The second kappa shape index (κ2) is 7.51. The van der Waals surface area contributed by atoms with E-state index in [0.29, 0.717) is 16.3 Å². The van der Waals surface area contributed by atoms with E-state index in [9.17, 15) is 9.59 Å². The number of hydrogen-bond acceptors (Lipinski definition) is 7. The zero-order valence-electron chi connectivity index (χ0n) is 15.7. The van der Waals surface area contributed by atoms with E-state index in [4.69, 9.17) is 14.2 Å². The Kier molecular flexibility index (Phi) is 5.59. The van der Waals surface area contributed by atoms with Gasteiger partial charge in [-0.2, -0.15) is 0 Å². The second-order valence-electron chi connectivity index (χ2n) is 6.47. The molecule has 0 aliphatic carbocycles. The minimum absolute atomic E-state index is 0.192. The van der Waals surface area contributed by atoms with Crippen molar-refractivity contribution in [2.45, 2.75) is 26.2 Å². The molecule has 0 N–H and O–H groups in total. The van der Waals surface area contributed by atoms with Crippen molar-refractivity contribution in [1.82, 2.24) is 0 Å². The van der Waals surface area contributed by atoms with Crippen molar-refractivity contribution < 1.29 is 33.3 Å². The fourth-order valence-electron chi connectivity index (χ4n) is 2.69. The van der Waals surface area contributed by atoms with Crippen LogP contribution in [0.25, 0.3) is 10.8 Å². The lowest BCUT2D eigenvalue weighted by molar-refractivity contribution is 0.118. The molecule has 0 bridgehead atoms. The van der Waals surface area contributed by atoms with Crippen molar-refractivity contribution in [2.24, 2.45) is 0 Å². The van der Waals surface area contributed by atoms with Crippen LogP contribution in [0.2, 0.25) is 0 Å². The lowest BCUT2D eigenvalue weighted by Gasteiger charge is -2.27. The van der Waals surface area contributed by atoms with Crippen LogP contribution in [0, 0.1) is 0 Å². The van der Waals surface area contributed by atoms with Gasteiger partial charge in [0.15, 0.2) is 11.5 Å². The fourth-order valence-corrected chi connectivity index (χ4v) is 2.69. The highest BCUT2D eigenvalue weighted by atomic mass is 16.7. The highest BCUT2D eigenvalue weighted by Gasteiger charge is 2.32. The summed E-state index contributed by atoms with van der Waals surface area (Å²) in [5.41, 5.74) is 0.0514. The molecule has 7 heteroatoms. The lowest BCUT2D eigenvalue weighted by atomic mass is 9.83. The molecule has 2 rings (SSSR count). The molecule has 0 aliphatic rings. The van der Waals surface area contributed by atoms with Crippen LogP contribution in [0.4, 0.5) is 9.59 Å². The molecule has 0 heterocycles. The normalized spacial score (nSPS) is 11.0. The quantitative estimate of drug-likeness (QED) is 0.590. The Bertz CT molecular complexity index is 834. The van der Waals surface area contributed by atoms with Crippen LogP contribution >= 0.6 is 0 Å². The molecule has 0 saturated carbocycles. The van der Waals surface area contributed by atoms with Crippen molar-refractivity contribution in [3.05, 3.63) is 29.8 Å². The molecule has 2 aromatic carbocycles. The average molecular weight is 362 g/mol. The number of fused-ring (bicyclic) bond motifs is 1. The van der Waals surface area contributed by atoms with E-state index in [1.807, 2.05) is 20.8 Å². The van der Waals surface area contributed by atoms with Gasteiger partial charge < -0.3 is 23.7 Å². The molecule has 0 saturated heterocycles. The number of methoxy groups -OCH3 is 3. The van der Waals surface area contributed by atoms with Crippen LogP contribution in [-0.4, -0.2) is 33.6 Å². The summed E-state index contributed by atoms with van der Waals surface area (Å²) in [6.45, 7) is 5.77. The van der Waals surface area contributed by atoms with Gasteiger partial charge in [-0.05, 0) is 5.41 Å². The van der Waals surface area contributed by atoms with E-state index in [1.165, 1.54) is 21.3 Å². The van der Waals surface area contributed by atoms with Crippen molar-refractivity contribution in [3.8, 4) is 17.2 Å². The number of carbonyl (C=O) groups is 2. The molecule has 0 spiro atoms. The van der Waals surface area contributed by atoms with E-state index >= 15 is 0 Å². The van der Waals surface area contributed by atoms with Crippen LogP contribution in [-0.2, 0) is 14.9 Å². The summed E-state index contributed by atoms with van der Waals surface area (Å²) in [5, 5.41) is 1.10. The molecule has 0 radical (unpaired) electrons. The molecule has 0 aliphatic heterocycles. The number of rotatable bonds is 3. The Balaban J connectivity index is 2.94. The number of benzene rings is 2. The van der Waals surface area contributed by atoms with E-state index in [1.54, 1.807) is 24.3 Å². The maximum atomic E-state index is 11.8. The predicted octanol–water partition coefficient (Wildman–Crippen LogP) is 4.44. The smallest absolute Gasteiger partial charge is 0.492 e. The van der Waals surface area contributed by atoms with Crippen molar-refractivity contribution in [2.75, 3.05) is 21.3 Å². The Morgan fingerprint density at radius 1 is 0.769 bits per heavy atom.